The number of benzene rings is 1. The third-order valence-electron chi connectivity index (χ3n) is 3.48. The number of nitrogens with zero attached hydrogens (tertiary/aromatic N) is 2. The largest absolute Gasteiger partial charge is 0.480 e. The molecule has 0 bridgehead atoms. The smallest absolute Gasteiger partial charge is 0.323 e. The molecule has 0 aliphatic heterocycles. The molecule has 1 aromatic carbocycles. The van der Waals surface area contributed by atoms with E-state index in [0.29, 0.717) is 5.56 Å². The number of carbonyl (C=O) groups excluding carboxylic acids is 1. The maximum Gasteiger partial charge on any atom is 0.323 e. The molecule has 0 saturated carbocycles. The van der Waals surface area contributed by atoms with Crippen LogP contribution >= 0.6 is 0 Å². The Bertz CT molecular complexity index is 695. The van der Waals surface area contributed by atoms with Gasteiger partial charge in [-0.15, -0.1) is 0 Å². The molecule has 0 aliphatic carbocycles. The number of carboxylic acids is 1. The first kappa shape index (κ1) is 15.1. The molecule has 1 aromatic heterocycles. The molecule has 5 heteroatoms. The van der Waals surface area contributed by atoms with E-state index in [-0.39, 0.29) is 12.5 Å². The van der Waals surface area contributed by atoms with Crippen molar-refractivity contribution in [3.8, 4) is 0 Å². The first-order valence-corrected chi connectivity index (χ1v) is 6.79. The molecule has 0 saturated heterocycles. The molecule has 2 rings (SSSR count). The van der Waals surface area contributed by atoms with E-state index in [2.05, 4.69) is 0 Å². The Kier molecular flexibility index (Phi) is 3.77. The highest BCUT2D eigenvalue weighted by Crippen LogP contribution is 2.24. The maximum absolute atomic E-state index is 12.8. The summed E-state index contributed by atoms with van der Waals surface area (Å²) in [5.41, 5.74) is 0.918. The first-order valence-electron chi connectivity index (χ1n) is 6.79. The molecule has 0 aliphatic rings. The monoisotopic (exact) mass is 288 g/mol. The highest BCUT2D eigenvalue weighted by molar-refractivity contribution is 6.07. The Labute approximate surface area is 123 Å². The van der Waals surface area contributed by atoms with Crippen LogP contribution in [0.4, 0.5) is 0 Å². The van der Waals surface area contributed by atoms with Gasteiger partial charge in [0.05, 0.1) is 5.56 Å². The number of rotatable bonds is 3. The van der Waals surface area contributed by atoms with E-state index in [1.165, 1.54) is 4.90 Å². The lowest BCUT2D eigenvalue weighted by Gasteiger charge is -2.34. The Morgan fingerprint density at radius 3 is 2.43 bits per heavy atom. The molecule has 0 unspecified atom stereocenters. The van der Waals surface area contributed by atoms with Crippen molar-refractivity contribution in [3.63, 3.8) is 0 Å². The minimum absolute atomic E-state index is 0.262. The Morgan fingerprint density at radius 1 is 1.24 bits per heavy atom. The number of hydrogen-bond donors (Lipinski definition) is 1. The fraction of sp³-hybridized carbons (Fsp3) is 0.375. The van der Waals surface area contributed by atoms with Crippen LogP contribution in [0.1, 0.15) is 31.1 Å². The van der Waals surface area contributed by atoms with Gasteiger partial charge in [0, 0.05) is 29.7 Å². The summed E-state index contributed by atoms with van der Waals surface area (Å²) in [6.45, 7) is 5.18. The van der Waals surface area contributed by atoms with Gasteiger partial charge in [0.15, 0.2) is 0 Å². The van der Waals surface area contributed by atoms with Crippen LogP contribution in [0.3, 0.4) is 0 Å². The quantitative estimate of drug-likeness (QED) is 0.944. The molecular formula is C16H20N2O3. The Hall–Kier alpha value is -2.30. The molecular weight excluding hydrogens is 268 g/mol. The maximum atomic E-state index is 12.8. The molecule has 112 valence electrons. The van der Waals surface area contributed by atoms with Gasteiger partial charge in [-0.05, 0) is 26.8 Å². The fourth-order valence-electron chi connectivity index (χ4n) is 2.41. The zero-order valence-electron chi connectivity index (χ0n) is 12.8. The Morgan fingerprint density at radius 2 is 1.86 bits per heavy atom. The lowest BCUT2D eigenvalue weighted by molar-refractivity contribution is -0.138. The minimum atomic E-state index is -1.02. The third-order valence-corrected chi connectivity index (χ3v) is 3.48. The first-order chi connectivity index (χ1) is 9.71. The second-order valence-corrected chi connectivity index (χ2v) is 6.13. The summed E-state index contributed by atoms with van der Waals surface area (Å²) in [6, 6.07) is 7.60. The van der Waals surface area contributed by atoms with E-state index in [4.69, 9.17) is 5.11 Å². The molecule has 21 heavy (non-hydrogen) atoms. The lowest BCUT2D eigenvalue weighted by atomic mass is 10.0. The second-order valence-electron chi connectivity index (χ2n) is 6.13. The van der Waals surface area contributed by atoms with Gasteiger partial charge in [0.25, 0.3) is 5.91 Å². The number of carbonyl (C=O) groups is 2. The van der Waals surface area contributed by atoms with Crippen LogP contribution in [-0.2, 0) is 11.8 Å². The SMILES string of the molecule is Cn1cc(C(=O)N(CC(=O)O)C(C)(C)C)c2ccccc21. The van der Waals surface area contributed by atoms with Crippen LogP contribution in [0.5, 0.6) is 0 Å². The molecule has 2 aromatic rings. The van der Waals surface area contributed by atoms with Crippen LogP contribution in [0, 0.1) is 0 Å². The van der Waals surface area contributed by atoms with Crippen molar-refractivity contribution in [1.82, 2.24) is 9.47 Å². The zero-order valence-corrected chi connectivity index (χ0v) is 12.8. The number of para-hydroxylation sites is 1. The van der Waals surface area contributed by atoms with Crippen LogP contribution in [0.25, 0.3) is 10.9 Å². The fourth-order valence-corrected chi connectivity index (χ4v) is 2.41. The van der Waals surface area contributed by atoms with Crippen LogP contribution in [0.15, 0.2) is 30.5 Å². The standard InChI is InChI=1S/C16H20N2O3/c1-16(2,3)18(10-14(19)20)15(21)12-9-17(4)13-8-6-5-7-11(12)13/h5-9H,10H2,1-4H3,(H,19,20). The summed E-state index contributed by atoms with van der Waals surface area (Å²) in [5.74, 6) is -1.28. The molecule has 0 fully saturated rings. The molecule has 1 N–H and O–H groups in total. The molecule has 0 radical (unpaired) electrons. The van der Waals surface area contributed by atoms with Crippen molar-refractivity contribution in [2.24, 2.45) is 7.05 Å². The highest BCUT2D eigenvalue weighted by Gasteiger charge is 2.30. The minimum Gasteiger partial charge on any atom is -0.480 e. The summed E-state index contributed by atoms with van der Waals surface area (Å²) in [7, 11) is 1.87. The topological polar surface area (TPSA) is 62.5 Å². The highest BCUT2D eigenvalue weighted by atomic mass is 16.4. The second kappa shape index (κ2) is 5.24. The number of amides is 1. The number of fused-ring (bicyclic) bond motifs is 1. The van der Waals surface area contributed by atoms with E-state index >= 15 is 0 Å². The van der Waals surface area contributed by atoms with Crippen LogP contribution < -0.4 is 0 Å². The predicted molar refractivity (Wildman–Crippen MR) is 81.3 cm³/mol. The van der Waals surface area contributed by atoms with E-state index in [0.717, 1.165) is 10.9 Å². The van der Waals surface area contributed by atoms with Gasteiger partial charge in [-0.3, -0.25) is 9.59 Å². The number of aryl methyl sites for hydroxylation is 1. The summed E-state index contributed by atoms with van der Waals surface area (Å²) in [6.07, 6.45) is 1.76. The van der Waals surface area contributed by atoms with Crippen molar-refractivity contribution < 1.29 is 14.7 Å². The van der Waals surface area contributed by atoms with Gasteiger partial charge in [-0.25, -0.2) is 0 Å². The molecule has 5 nitrogen and oxygen atoms in total. The number of aromatic nitrogens is 1. The normalized spacial score (nSPS) is 11.6. The van der Waals surface area contributed by atoms with Gasteiger partial charge in [0.1, 0.15) is 6.54 Å². The van der Waals surface area contributed by atoms with E-state index in [1.807, 2.05) is 56.7 Å². The van der Waals surface area contributed by atoms with Crippen LogP contribution in [-0.4, -0.2) is 38.5 Å². The van der Waals surface area contributed by atoms with Crippen molar-refractivity contribution in [3.05, 3.63) is 36.0 Å². The van der Waals surface area contributed by atoms with Gasteiger partial charge in [0.2, 0.25) is 0 Å². The number of carboxylic acid groups (broad SMARTS) is 1. The van der Waals surface area contributed by atoms with Crippen molar-refractivity contribution in [2.75, 3.05) is 6.54 Å². The van der Waals surface area contributed by atoms with E-state index in [1.54, 1.807) is 6.20 Å². The van der Waals surface area contributed by atoms with E-state index in [9.17, 15) is 9.59 Å². The number of hydrogen-bond acceptors (Lipinski definition) is 2. The van der Waals surface area contributed by atoms with Gasteiger partial charge < -0.3 is 14.6 Å². The summed E-state index contributed by atoms with van der Waals surface area (Å²) in [4.78, 5) is 25.3. The summed E-state index contributed by atoms with van der Waals surface area (Å²) >= 11 is 0. The average Bonchev–Trinajstić information content (AvgIpc) is 2.72. The third kappa shape index (κ3) is 2.91. The zero-order chi connectivity index (χ0) is 15.8. The van der Waals surface area contributed by atoms with Gasteiger partial charge >= 0.3 is 5.97 Å². The van der Waals surface area contributed by atoms with Crippen molar-refractivity contribution in [2.45, 2.75) is 26.3 Å². The predicted octanol–water partition coefficient (Wildman–Crippen LogP) is 2.50. The summed E-state index contributed by atoms with van der Waals surface area (Å²) < 4.78 is 1.88. The molecule has 0 spiro atoms. The van der Waals surface area contributed by atoms with Gasteiger partial charge in [-0.2, -0.15) is 0 Å². The van der Waals surface area contributed by atoms with Crippen molar-refractivity contribution >= 4 is 22.8 Å². The van der Waals surface area contributed by atoms with Crippen molar-refractivity contribution in [1.29, 1.82) is 0 Å². The van der Waals surface area contributed by atoms with E-state index < -0.39 is 11.5 Å². The Balaban J connectivity index is 2.51. The van der Waals surface area contributed by atoms with Gasteiger partial charge in [-0.1, -0.05) is 18.2 Å². The summed E-state index contributed by atoms with van der Waals surface area (Å²) in [5, 5.41) is 9.90. The lowest BCUT2D eigenvalue weighted by Crippen LogP contribution is -2.48. The average molecular weight is 288 g/mol. The molecule has 1 heterocycles. The van der Waals surface area contributed by atoms with Crippen LogP contribution in [0.2, 0.25) is 0 Å². The molecule has 0 atom stereocenters. The number of aliphatic carboxylic acids is 1. The molecule has 1 amide bonds.